The van der Waals surface area contributed by atoms with E-state index in [1.807, 2.05) is 43.3 Å². The van der Waals surface area contributed by atoms with Crippen LogP contribution in [0.1, 0.15) is 52.2 Å². The van der Waals surface area contributed by atoms with E-state index >= 15 is 0 Å². The van der Waals surface area contributed by atoms with Crippen molar-refractivity contribution in [1.29, 1.82) is 0 Å². The molecule has 1 saturated carbocycles. The van der Waals surface area contributed by atoms with Crippen LogP contribution in [0.25, 0.3) is 0 Å². The number of ketones is 1. The van der Waals surface area contributed by atoms with Crippen molar-refractivity contribution in [3.05, 3.63) is 69.7 Å². The quantitative estimate of drug-likeness (QED) is 0.713. The van der Waals surface area contributed by atoms with Crippen LogP contribution < -0.4 is 0 Å². The zero-order valence-corrected chi connectivity index (χ0v) is 12.3. The van der Waals surface area contributed by atoms with Gasteiger partial charge in [-0.2, -0.15) is 0 Å². The Kier molecular flexibility index (Phi) is 3.62. The van der Waals surface area contributed by atoms with E-state index in [2.05, 4.69) is 6.07 Å². The second kappa shape index (κ2) is 5.41. The number of hydrogen-bond acceptors (Lipinski definition) is 1. The largest absolute Gasteiger partial charge is 0.289 e. The maximum atomic E-state index is 12.6. The third-order valence-corrected chi connectivity index (χ3v) is 4.65. The number of benzene rings is 2. The van der Waals surface area contributed by atoms with Crippen LogP contribution in [0.3, 0.4) is 0 Å². The molecule has 1 aliphatic rings. The van der Waals surface area contributed by atoms with Crippen LogP contribution in [-0.2, 0) is 0 Å². The van der Waals surface area contributed by atoms with E-state index in [0.717, 1.165) is 11.1 Å². The van der Waals surface area contributed by atoms with Gasteiger partial charge in [0.15, 0.2) is 5.78 Å². The van der Waals surface area contributed by atoms with E-state index in [4.69, 9.17) is 11.6 Å². The van der Waals surface area contributed by atoms with Crippen LogP contribution in [-0.4, -0.2) is 5.78 Å². The van der Waals surface area contributed by atoms with Crippen LogP contribution in [0.15, 0.2) is 42.5 Å². The van der Waals surface area contributed by atoms with Gasteiger partial charge >= 0.3 is 0 Å². The van der Waals surface area contributed by atoms with Crippen LogP contribution in [0.2, 0.25) is 5.02 Å². The molecule has 102 valence electrons. The van der Waals surface area contributed by atoms with Gasteiger partial charge in [-0.3, -0.25) is 4.79 Å². The Balaban J connectivity index is 1.95. The summed E-state index contributed by atoms with van der Waals surface area (Å²) in [5.41, 5.74) is 3.61. The van der Waals surface area contributed by atoms with Crippen LogP contribution in [0.5, 0.6) is 0 Å². The van der Waals surface area contributed by atoms with Crippen molar-refractivity contribution in [2.45, 2.75) is 32.1 Å². The number of carbonyl (C=O) groups excluding carboxylic acids is 1. The predicted octanol–water partition coefficient (Wildman–Crippen LogP) is 5.15. The van der Waals surface area contributed by atoms with Crippen LogP contribution in [0, 0.1) is 6.92 Å². The summed E-state index contributed by atoms with van der Waals surface area (Å²) in [6.45, 7) is 1.89. The molecular weight excluding hydrogens is 268 g/mol. The standard InChI is InChI=1S/C18H17ClO/c1-12-16(9-4-10-17(12)19)18(20)15-8-3-7-14(11-15)13-5-2-6-13/h3-4,7-11,13H,2,5-6H2,1H3. The molecule has 0 N–H and O–H groups in total. The molecule has 1 nitrogen and oxygen atoms in total. The van der Waals surface area contributed by atoms with E-state index < -0.39 is 0 Å². The Morgan fingerprint density at radius 2 is 1.90 bits per heavy atom. The summed E-state index contributed by atoms with van der Waals surface area (Å²) in [5.74, 6) is 0.703. The number of halogens is 1. The summed E-state index contributed by atoms with van der Waals surface area (Å²) in [5, 5.41) is 0.644. The van der Waals surface area contributed by atoms with E-state index in [-0.39, 0.29) is 5.78 Å². The molecule has 0 spiro atoms. The van der Waals surface area contributed by atoms with E-state index in [9.17, 15) is 4.79 Å². The summed E-state index contributed by atoms with van der Waals surface area (Å²) in [7, 11) is 0. The molecule has 0 unspecified atom stereocenters. The highest BCUT2D eigenvalue weighted by molar-refractivity contribution is 6.32. The molecule has 0 saturated heterocycles. The fourth-order valence-corrected chi connectivity index (χ4v) is 2.86. The molecule has 0 radical (unpaired) electrons. The van der Waals surface area contributed by atoms with Crippen LogP contribution >= 0.6 is 11.6 Å². The van der Waals surface area contributed by atoms with Gasteiger partial charge < -0.3 is 0 Å². The molecule has 0 bridgehead atoms. The Labute approximate surface area is 124 Å². The summed E-state index contributed by atoms with van der Waals surface area (Å²) >= 11 is 6.11. The zero-order chi connectivity index (χ0) is 14.1. The number of hydrogen-bond donors (Lipinski definition) is 0. The molecule has 1 aliphatic carbocycles. The lowest BCUT2D eigenvalue weighted by molar-refractivity contribution is 0.103. The van der Waals surface area contributed by atoms with E-state index in [1.165, 1.54) is 24.8 Å². The Morgan fingerprint density at radius 3 is 2.60 bits per heavy atom. The van der Waals surface area contributed by atoms with Gasteiger partial charge in [0.05, 0.1) is 0 Å². The van der Waals surface area contributed by atoms with Crippen molar-refractivity contribution in [2.24, 2.45) is 0 Å². The van der Waals surface area contributed by atoms with Gasteiger partial charge in [-0.05, 0) is 48.9 Å². The van der Waals surface area contributed by atoms with Gasteiger partial charge in [0, 0.05) is 16.1 Å². The van der Waals surface area contributed by atoms with Gasteiger partial charge in [0.2, 0.25) is 0 Å². The van der Waals surface area contributed by atoms with Crippen molar-refractivity contribution >= 4 is 17.4 Å². The predicted molar refractivity (Wildman–Crippen MR) is 82.7 cm³/mol. The molecular formula is C18H17ClO. The molecule has 3 rings (SSSR count). The maximum absolute atomic E-state index is 12.6. The minimum atomic E-state index is 0.0613. The third-order valence-electron chi connectivity index (χ3n) is 4.24. The third kappa shape index (κ3) is 2.38. The summed E-state index contributed by atoms with van der Waals surface area (Å²) in [6, 6.07) is 13.6. The van der Waals surface area contributed by atoms with Crippen LogP contribution in [0.4, 0.5) is 0 Å². The second-order valence-electron chi connectivity index (χ2n) is 5.49. The van der Waals surface area contributed by atoms with Crippen molar-refractivity contribution in [1.82, 2.24) is 0 Å². The van der Waals surface area contributed by atoms with Crippen molar-refractivity contribution in [3.63, 3.8) is 0 Å². The van der Waals surface area contributed by atoms with Crippen molar-refractivity contribution in [2.75, 3.05) is 0 Å². The average Bonchev–Trinajstić information content (AvgIpc) is 2.40. The lowest BCUT2D eigenvalue weighted by Gasteiger charge is -2.26. The molecule has 20 heavy (non-hydrogen) atoms. The molecule has 0 aliphatic heterocycles. The Hall–Kier alpha value is -1.60. The molecule has 2 aromatic rings. The second-order valence-corrected chi connectivity index (χ2v) is 5.90. The lowest BCUT2D eigenvalue weighted by atomic mass is 9.79. The topological polar surface area (TPSA) is 17.1 Å². The maximum Gasteiger partial charge on any atom is 0.193 e. The Bertz CT molecular complexity index is 656. The number of carbonyl (C=O) groups is 1. The Morgan fingerprint density at radius 1 is 1.15 bits per heavy atom. The molecule has 2 aromatic carbocycles. The van der Waals surface area contributed by atoms with Gasteiger partial charge in [-0.1, -0.05) is 48.4 Å². The number of rotatable bonds is 3. The van der Waals surface area contributed by atoms with E-state index in [0.29, 0.717) is 16.5 Å². The highest BCUT2D eigenvalue weighted by Gasteiger charge is 2.21. The molecule has 0 heterocycles. The van der Waals surface area contributed by atoms with Crippen molar-refractivity contribution in [3.8, 4) is 0 Å². The molecule has 0 aromatic heterocycles. The highest BCUT2D eigenvalue weighted by atomic mass is 35.5. The smallest absolute Gasteiger partial charge is 0.193 e. The van der Waals surface area contributed by atoms with Crippen molar-refractivity contribution < 1.29 is 4.79 Å². The minimum absolute atomic E-state index is 0.0613. The van der Waals surface area contributed by atoms with Gasteiger partial charge in [-0.25, -0.2) is 0 Å². The van der Waals surface area contributed by atoms with Gasteiger partial charge in [0.1, 0.15) is 0 Å². The summed E-state index contributed by atoms with van der Waals surface area (Å²) in [4.78, 5) is 12.6. The van der Waals surface area contributed by atoms with Gasteiger partial charge in [-0.15, -0.1) is 0 Å². The fraction of sp³-hybridized carbons (Fsp3) is 0.278. The first-order valence-corrected chi connectivity index (χ1v) is 7.44. The zero-order valence-electron chi connectivity index (χ0n) is 11.5. The first kappa shape index (κ1) is 13.4. The first-order valence-electron chi connectivity index (χ1n) is 7.06. The average molecular weight is 285 g/mol. The SMILES string of the molecule is Cc1c(Cl)cccc1C(=O)c1cccc(C2CCC2)c1. The fourth-order valence-electron chi connectivity index (χ4n) is 2.68. The summed E-state index contributed by atoms with van der Waals surface area (Å²) in [6.07, 6.45) is 3.79. The normalized spacial score (nSPS) is 14.9. The molecule has 0 atom stereocenters. The lowest BCUT2D eigenvalue weighted by Crippen LogP contribution is -2.10. The molecule has 1 fully saturated rings. The molecule has 2 heteroatoms. The summed E-state index contributed by atoms with van der Waals surface area (Å²) < 4.78 is 0. The van der Waals surface area contributed by atoms with E-state index in [1.54, 1.807) is 0 Å². The minimum Gasteiger partial charge on any atom is -0.289 e. The monoisotopic (exact) mass is 284 g/mol. The highest BCUT2D eigenvalue weighted by Crippen LogP contribution is 2.36. The first-order chi connectivity index (χ1) is 9.66. The van der Waals surface area contributed by atoms with Gasteiger partial charge in [0.25, 0.3) is 0 Å². The molecule has 0 amide bonds.